The fourth-order valence-electron chi connectivity index (χ4n) is 2.70. The highest BCUT2D eigenvalue weighted by molar-refractivity contribution is 5.95. The monoisotopic (exact) mass is 321 g/mol. The highest BCUT2D eigenvalue weighted by Crippen LogP contribution is 2.29. The van der Waals surface area contributed by atoms with Crippen LogP contribution in [-0.2, 0) is 0 Å². The fraction of sp³-hybridized carbons (Fsp3) is 0.158. The van der Waals surface area contributed by atoms with E-state index in [0.717, 1.165) is 5.56 Å². The summed E-state index contributed by atoms with van der Waals surface area (Å²) in [5.74, 6) is -0.386. The van der Waals surface area contributed by atoms with Crippen LogP contribution in [0.5, 0.6) is 0 Å². The lowest BCUT2D eigenvalue weighted by Crippen LogP contribution is -2.13. The normalized spacial score (nSPS) is 11.9. The molecule has 120 valence electrons. The third-order valence-corrected chi connectivity index (χ3v) is 3.90. The summed E-state index contributed by atoms with van der Waals surface area (Å²) in [6.07, 6.45) is 0.723. The number of benzene rings is 2. The van der Waals surface area contributed by atoms with Gasteiger partial charge in [-0.15, -0.1) is 0 Å². The van der Waals surface area contributed by atoms with E-state index in [1.165, 1.54) is 18.3 Å². The maximum absolute atomic E-state index is 13.8. The van der Waals surface area contributed by atoms with E-state index in [1.807, 2.05) is 30.3 Å². The second-order valence-corrected chi connectivity index (χ2v) is 5.58. The fourth-order valence-corrected chi connectivity index (χ4v) is 2.70. The van der Waals surface area contributed by atoms with Crippen molar-refractivity contribution in [2.45, 2.75) is 13.0 Å². The van der Waals surface area contributed by atoms with Gasteiger partial charge in [0.1, 0.15) is 11.9 Å². The second kappa shape index (κ2) is 6.65. The summed E-state index contributed by atoms with van der Waals surface area (Å²) >= 11 is 0. The summed E-state index contributed by atoms with van der Waals surface area (Å²) in [5.41, 5.74) is 2.89. The van der Waals surface area contributed by atoms with Crippen LogP contribution in [0, 0.1) is 24.1 Å². The molecule has 1 aromatic heterocycles. The van der Waals surface area contributed by atoms with E-state index in [4.69, 9.17) is 0 Å². The number of aromatic nitrogens is 1. The van der Waals surface area contributed by atoms with Gasteiger partial charge in [0.05, 0.1) is 22.9 Å². The molecule has 0 saturated heterocycles. The molecule has 0 fully saturated rings. The van der Waals surface area contributed by atoms with E-state index in [0.29, 0.717) is 27.7 Å². The van der Waals surface area contributed by atoms with Crippen molar-refractivity contribution in [3.8, 4) is 6.07 Å². The Morgan fingerprint density at radius 3 is 2.75 bits per heavy atom. The molecule has 0 spiro atoms. The number of anilines is 1. The Morgan fingerprint density at radius 2 is 2.04 bits per heavy atom. The molecule has 0 saturated carbocycles. The largest absolute Gasteiger partial charge is 0.387 e. The van der Waals surface area contributed by atoms with Crippen LogP contribution in [0.15, 0.2) is 48.7 Å². The Balaban J connectivity index is 1.97. The Hall–Kier alpha value is -2.97. The average Bonchev–Trinajstić information content (AvgIpc) is 2.60. The second-order valence-electron chi connectivity index (χ2n) is 5.58. The SMILES string of the molecule is Cc1cc(F)cc2c(NCC(O)c3ccccc3)c(C#N)cnc12. The van der Waals surface area contributed by atoms with Crippen LogP contribution in [0.3, 0.4) is 0 Å². The number of aliphatic hydroxyl groups is 1. The minimum absolute atomic E-state index is 0.202. The highest BCUT2D eigenvalue weighted by atomic mass is 19.1. The van der Waals surface area contributed by atoms with Crippen molar-refractivity contribution < 1.29 is 9.50 Å². The molecule has 0 bridgehead atoms. The zero-order valence-electron chi connectivity index (χ0n) is 13.1. The number of pyridine rings is 1. The molecule has 1 unspecified atom stereocenters. The minimum atomic E-state index is -0.740. The zero-order chi connectivity index (χ0) is 17.1. The van der Waals surface area contributed by atoms with Crippen LogP contribution >= 0.6 is 0 Å². The Bertz CT molecular complexity index is 919. The summed E-state index contributed by atoms with van der Waals surface area (Å²) < 4.78 is 13.8. The lowest BCUT2D eigenvalue weighted by molar-refractivity contribution is 0.191. The number of rotatable bonds is 4. The smallest absolute Gasteiger partial charge is 0.124 e. The first-order valence-electron chi connectivity index (χ1n) is 7.56. The van der Waals surface area contributed by atoms with Crippen LogP contribution in [0.4, 0.5) is 10.1 Å². The zero-order valence-corrected chi connectivity index (χ0v) is 13.1. The number of nitrogens with zero attached hydrogens (tertiary/aromatic N) is 2. The summed E-state index contributed by atoms with van der Waals surface area (Å²) in [7, 11) is 0. The first-order valence-corrected chi connectivity index (χ1v) is 7.56. The summed E-state index contributed by atoms with van der Waals surface area (Å²) in [6.45, 7) is 1.97. The number of halogens is 1. The van der Waals surface area contributed by atoms with Gasteiger partial charge < -0.3 is 10.4 Å². The molecule has 0 amide bonds. The number of hydrogen-bond donors (Lipinski definition) is 2. The Morgan fingerprint density at radius 1 is 1.29 bits per heavy atom. The van der Waals surface area contributed by atoms with Crippen molar-refractivity contribution >= 4 is 16.6 Å². The molecule has 4 nitrogen and oxygen atoms in total. The molecular formula is C19H16FN3O. The van der Waals surface area contributed by atoms with Gasteiger partial charge in [0, 0.05) is 18.1 Å². The van der Waals surface area contributed by atoms with Gasteiger partial charge in [0.15, 0.2) is 0 Å². The summed E-state index contributed by atoms with van der Waals surface area (Å²) in [6, 6.07) is 14.0. The van der Waals surface area contributed by atoms with Crippen molar-refractivity contribution in [2.75, 3.05) is 11.9 Å². The molecule has 1 heterocycles. The number of nitrogens with one attached hydrogen (secondary N) is 1. The van der Waals surface area contributed by atoms with E-state index in [-0.39, 0.29) is 12.4 Å². The lowest BCUT2D eigenvalue weighted by atomic mass is 10.1. The molecule has 2 N–H and O–H groups in total. The van der Waals surface area contributed by atoms with Gasteiger partial charge in [-0.1, -0.05) is 30.3 Å². The average molecular weight is 321 g/mol. The number of hydrogen-bond acceptors (Lipinski definition) is 4. The van der Waals surface area contributed by atoms with Crippen molar-refractivity contribution in [1.82, 2.24) is 4.98 Å². The van der Waals surface area contributed by atoms with Crippen molar-refractivity contribution in [3.05, 3.63) is 71.2 Å². The summed E-state index contributed by atoms with van der Waals surface area (Å²) in [5, 5.41) is 23.2. The van der Waals surface area contributed by atoms with Crippen LogP contribution in [0.2, 0.25) is 0 Å². The minimum Gasteiger partial charge on any atom is -0.387 e. The quantitative estimate of drug-likeness (QED) is 0.769. The first kappa shape index (κ1) is 15.9. The molecule has 2 aromatic carbocycles. The first-order chi connectivity index (χ1) is 11.6. The predicted octanol–water partition coefficient (Wildman–Crippen LogP) is 3.70. The molecule has 1 atom stereocenters. The third kappa shape index (κ3) is 3.05. The molecule has 24 heavy (non-hydrogen) atoms. The Labute approximate surface area is 139 Å². The number of aliphatic hydroxyl groups excluding tert-OH is 1. The van der Waals surface area contributed by atoms with Crippen molar-refractivity contribution in [1.29, 1.82) is 5.26 Å². The molecule has 0 aliphatic carbocycles. The van der Waals surface area contributed by atoms with Gasteiger partial charge in [-0.2, -0.15) is 5.26 Å². The molecule has 5 heteroatoms. The number of nitriles is 1. The topological polar surface area (TPSA) is 68.9 Å². The Kier molecular flexibility index (Phi) is 4.41. The highest BCUT2D eigenvalue weighted by Gasteiger charge is 2.14. The standard InChI is InChI=1S/C19H16FN3O/c1-12-7-15(20)8-16-18(12)22-10-14(9-21)19(16)23-11-17(24)13-5-3-2-4-6-13/h2-8,10,17,24H,11H2,1H3,(H,22,23). The van der Waals surface area contributed by atoms with Gasteiger partial charge >= 0.3 is 0 Å². The van der Waals surface area contributed by atoms with E-state index >= 15 is 0 Å². The summed E-state index contributed by atoms with van der Waals surface area (Å²) in [4.78, 5) is 4.25. The van der Waals surface area contributed by atoms with E-state index < -0.39 is 6.10 Å². The van der Waals surface area contributed by atoms with E-state index in [9.17, 15) is 14.8 Å². The maximum Gasteiger partial charge on any atom is 0.124 e. The lowest BCUT2D eigenvalue weighted by Gasteiger charge is -2.16. The molecular weight excluding hydrogens is 305 g/mol. The van der Waals surface area contributed by atoms with Gasteiger partial charge in [0.2, 0.25) is 0 Å². The van der Waals surface area contributed by atoms with Crippen LogP contribution in [0.25, 0.3) is 10.9 Å². The molecule has 0 radical (unpaired) electrons. The van der Waals surface area contributed by atoms with Crippen molar-refractivity contribution in [3.63, 3.8) is 0 Å². The van der Waals surface area contributed by atoms with Crippen LogP contribution < -0.4 is 5.32 Å². The van der Waals surface area contributed by atoms with Gasteiger partial charge in [0.25, 0.3) is 0 Å². The maximum atomic E-state index is 13.8. The van der Waals surface area contributed by atoms with Gasteiger partial charge in [-0.3, -0.25) is 4.98 Å². The molecule has 3 aromatic rings. The van der Waals surface area contributed by atoms with E-state index in [1.54, 1.807) is 6.92 Å². The predicted molar refractivity (Wildman–Crippen MR) is 91.0 cm³/mol. The molecule has 0 aliphatic rings. The van der Waals surface area contributed by atoms with Gasteiger partial charge in [-0.25, -0.2) is 4.39 Å². The number of fused-ring (bicyclic) bond motifs is 1. The van der Waals surface area contributed by atoms with Crippen LogP contribution in [0.1, 0.15) is 22.8 Å². The van der Waals surface area contributed by atoms with Gasteiger partial charge in [-0.05, 0) is 30.2 Å². The van der Waals surface area contributed by atoms with Crippen molar-refractivity contribution in [2.24, 2.45) is 0 Å². The molecule has 0 aliphatic heterocycles. The molecule has 3 rings (SSSR count). The third-order valence-electron chi connectivity index (χ3n) is 3.90. The number of aryl methyl sites for hydroxylation is 1. The van der Waals surface area contributed by atoms with Crippen LogP contribution in [-0.4, -0.2) is 16.6 Å². The van der Waals surface area contributed by atoms with E-state index in [2.05, 4.69) is 16.4 Å².